The standard InChI is InChI=1S/C23H33NO/c1-22(8-4-2-5-9-22)19-13-16-14-20-17-7-3-6-10-23(17,11-12-24-20)18(16)15-21(19)25/h13,15,17,20,24-25H,2-12,14H2,1H3/t17-,20+,23+/m1/s1. The maximum Gasteiger partial charge on any atom is 0.119 e. The number of rotatable bonds is 1. The van der Waals surface area contributed by atoms with Gasteiger partial charge in [0.2, 0.25) is 0 Å². The van der Waals surface area contributed by atoms with Gasteiger partial charge >= 0.3 is 0 Å². The van der Waals surface area contributed by atoms with Gasteiger partial charge in [-0.1, -0.05) is 45.1 Å². The van der Waals surface area contributed by atoms with E-state index in [0.29, 0.717) is 17.2 Å². The minimum Gasteiger partial charge on any atom is -0.508 e. The van der Waals surface area contributed by atoms with Crippen LogP contribution in [0.5, 0.6) is 5.75 Å². The molecule has 2 heteroatoms. The van der Waals surface area contributed by atoms with E-state index in [1.165, 1.54) is 81.8 Å². The fraction of sp³-hybridized carbons (Fsp3) is 0.739. The molecule has 136 valence electrons. The third kappa shape index (κ3) is 2.32. The molecule has 5 rings (SSSR count). The van der Waals surface area contributed by atoms with Crippen LogP contribution < -0.4 is 5.32 Å². The number of hydrogen-bond acceptors (Lipinski definition) is 2. The van der Waals surface area contributed by atoms with Crippen molar-refractivity contribution < 1.29 is 5.11 Å². The molecular weight excluding hydrogens is 306 g/mol. The molecular formula is C23H33NO. The Labute approximate surface area is 152 Å². The number of phenols is 1. The van der Waals surface area contributed by atoms with Gasteiger partial charge in [0.05, 0.1) is 0 Å². The monoisotopic (exact) mass is 339 g/mol. The molecule has 2 bridgehead atoms. The van der Waals surface area contributed by atoms with Crippen LogP contribution in [0.3, 0.4) is 0 Å². The van der Waals surface area contributed by atoms with Crippen LogP contribution >= 0.6 is 0 Å². The summed E-state index contributed by atoms with van der Waals surface area (Å²) in [7, 11) is 0. The molecule has 3 atom stereocenters. The topological polar surface area (TPSA) is 32.3 Å². The minimum atomic E-state index is 0.182. The zero-order valence-corrected chi connectivity index (χ0v) is 15.7. The molecule has 2 N–H and O–H groups in total. The average Bonchev–Trinajstić information content (AvgIpc) is 2.62. The maximum atomic E-state index is 11.1. The molecule has 0 unspecified atom stereocenters. The number of aromatic hydroxyl groups is 1. The lowest BCUT2D eigenvalue weighted by molar-refractivity contribution is 0.0793. The van der Waals surface area contributed by atoms with Gasteiger partial charge in [-0.15, -0.1) is 0 Å². The van der Waals surface area contributed by atoms with Crippen molar-refractivity contribution in [3.63, 3.8) is 0 Å². The molecule has 0 amide bonds. The van der Waals surface area contributed by atoms with Crippen molar-refractivity contribution in [2.75, 3.05) is 6.54 Å². The molecule has 1 saturated heterocycles. The Morgan fingerprint density at radius 3 is 2.60 bits per heavy atom. The van der Waals surface area contributed by atoms with Gasteiger partial charge in [-0.25, -0.2) is 0 Å². The molecule has 2 saturated carbocycles. The van der Waals surface area contributed by atoms with Crippen molar-refractivity contribution in [2.45, 2.75) is 94.4 Å². The zero-order chi connectivity index (χ0) is 17.1. The number of benzene rings is 1. The Bertz CT molecular complexity index is 671. The van der Waals surface area contributed by atoms with Crippen LogP contribution in [0.2, 0.25) is 0 Å². The molecule has 3 aliphatic carbocycles. The minimum absolute atomic E-state index is 0.182. The Morgan fingerprint density at radius 1 is 0.960 bits per heavy atom. The highest BCUT2D eigenvalue weighted by atomic mass is 16.3. The lowest BCUT2D eigenvalue weighted by Crippen LogP contribution is -2.59. The first-order chi connectivity index (χ1) is 12.1. The summed E-state index contributed by atoms with van der Waals surface area (Å²) in [4.78, 5) is 0. The SMILES string of the molecule is CC1(c2cc3c(cc2O)[C@]24CCCC[C@@H]2[C@H](C3)NCC4)CCCCC1. The predicted molar refractivity (Wildman–Crippen MR) is 102 cm³/mol. The average molecular weight is 340 g/mol. The molecule has 1 heterocycles. The molecule has 25 heavy (non-hydrogen) atoms. The summed E-state index contributed by atoms with van der Waals surface area (Å²) < 4.78 is 0. The van der Waals surface area contributed by atoms with Crippen LogP contribution in [0.15, 0.2) is 12.1 Å². The molecule has 1 aliphatic heterocycles. The zero-order valence-electron chi connectivity index (χ0n) is 15.7. The molecule has 2 nitrogen and oxygen atoms in total. The molecule has 1 aromatic rings. The van der Waals surface area contributed by atoms with E-state index in [1.54, 1.807) is 5.56 Å². The number of fused-ring (bicyclic) bond motifs is 1. The van der Waals surface area contributed by atoms with Crippen molar-refractivity contribution in [1.29, 1.82) is 0 Å². The molecule has 4 aliphatic rings. The molecule has 1 aromatic carbocycles. The van der Waals surface area contributed by atoms with Gasteiger partial charge in [-0.2, -0.15) is 0 Å². The Balaban J connectivity index is 1.62. The van der Waals surface area contributed by atoms with E-state index >= 15 is 0 Å². The summed E-state index contributed by atoms with van der Waals surface area (Å²) in [6.45, 7) is 3.54. The van der Waals surface area contributed by atoms with Crippen molar-refractivity contribution in [2.24, 2.45) is 5.92 Å². The van der Waals surface area contributed by atoms with Crippen LogP contribution in [-0.4, -0.2) is 17.7 Å². The largest absolute Gasteiger partial charge is 0.508 e. The highest BCUT2D eigenvalue weighted by molar-refractivity contribution is 5.51. The molecule has 0 radical (unpaired) electrons. The van der Waals surface area contributed by atoms with Gasteiger partial charge < -0.3 is 10.4 Å². The Hall–Kier alpha value is -1.02. The van der Waals surface area contributed by atoms with Gasteiger partial charge in [-0.05, 0) is 73.6 Å². The second kappa shape index (κ2) is 5.74. The van der Waals surface area contributed by atoms with Crippen molar-refractivity contribution in [3.05, 3.63) is 28.8 Å². The van der Waals surface area contributed by atoms with E-state index in [2.05, 4.69) is 24.4 Å². The van der Waals surface area contributed by atoms with Gasteiger partial charge in [-0.3, -0.25) is 0 Å². The smallest absolute Gasteiger partial charge is 0.119 e. The number of piperidine rings is 1. The summed E-state index contributed by atoms with van der Waals surface area (Å²) in [5.74, 6) is 1.39. The maximum absolute atomic E-state index is 11.1. The van der Waals surface area contributed by atoms with Gasteiger partial charge in [0, 0.05) is 17.0 Å². The predicted octanol–water partition coefficient (Wildman–Crippen LogP) is 4.96. The Kier molecular flexibility index (Phi) is 3.71. The first-order valence-corrected chi connectivity index (χ1v) is 10.7. The molecule has 0 aromatic heterocycles. The van der Waals surface area contributed by atoms with E-state index < -0.39 is 0 Å². The lowest BCUT2D eigenvalue weighted by atomic mass is 9.52. The second-order valence-electron chi connectivity index (χ2n) is 9.67. The number of hydrogen-bond donors (Lipinski definition) is 2. The highest BCUT2D eigenvalue weighted by Gasteiger charge is 2.52. The second-order valence-corrected chi connectivity index (χ2v) is 9.67. The van der Waals surface area contributed by atoms with Crippen molar-refractivity contribution >= 4 is 0 Å². The van der Waals surface area contributed by atoms with Crippen LogP contribution in [-0.2, 0) is 17.3 Å². The van der Waals surface area contributed by atoms with Gasteiger partial charge in [0.15, 0.2) is 0 Å². The van der Waals surface area contributed by atoms with Crippen molar-refractivity contribution in [3.8, 4) is 5.75 Å². The van der Waals surface area contributed by atoms with Crippen molar-refractivity contribution in [1.82, 2.24) is 5.32 Å². The fourth-order valence-corrected chi connectivity index (χ4v) is 7.06. The number of nitrogens with one attached hydrogen (secondary N) is 1. The summed E-state index contributed by atoms with van der Waals surface area (Å²) >= 11 is 0. The lowest BCUT2D eigenvalue weighted by Gasteiger charge is -2.56. The summed E-state index contributed by atoms with van der Waals surface area (Å²) in [5, 5.41) is 14.9. The first kappa shape index (κ1) is 16.2. The van der Waals surface area contributed by atoms with E-state index in [1.807, 2.05) is 0 Å². The van der Waals surface area contributed by atoms with Gasteiger partial charge in [0.1, 0.15) is 5.75 Å². The van der Waals surface area contributed by atoms with Crippen LogP contribution in [0.1, 0.15) is 87.8 Å². The number of phenolic OH excluding ortho intramolecular Hbond substituents is 1. The molecule has 3 fully saturated rings. The van der Waals surface area contributed by atoms with Crippen LogP contribution in [0.4, 0.5) is 0 Å². The van der Waals surface area contributed by atoms with E-state index in [0.717, 1.165) is 12.5 Å². The third-order valence-electron chi connectivity index (χ3n) is 8.37. The first-order valence-electron chi connectivity index (χ1n) is 10.7. The molecule has 0 spiro atoms. The van der Waals surface area contributed by atoms with E-state index in [9.17, 15) is 5.11 Å². The highest BCUT2D eigenvalue weighted by Crippen LogP contribution is 2.55. The summed E-state index contributed by atoms with van der Waals surface area (Å²) in [6.07, 6.45) is 14.3. The van der Waals surface area contributed by atoms with Crippen LogP contribution in [0.25, 0.3) is 0 Å². The van der Waals surface area contributed by atoms with Gasteiger partial charge in [0.25, 0.3) is 0 Å². The summed E-state index contributed by atoms with van der Waals surface area (Å²) in [6, 6.07) is 5.32. The van der Waals surface area contributed by atoms with Crippen LogP contribution in [0, 0.1) is 5.92 Å². The Morgan fingerprint density at radius 2 is 1.76 bits per heavy atom. The van der Waals surface area contributed by atoms with E-state index in [-0.39, 0.29) is 5.41 Å². The third-order valence-corrected chi connectivity index (χ3v) is 8.37. The quantitative estimate of drug-likeness (QED) is 0.758. The fourth-order valence-electron chi connectivity index (χ4n) is 7.06. The normalized spacial score (nSPS) is 36.4. The summed E-state index contributed by atoms with van der Waals surface area (Å²) in [5.41, 5.74) is 4.85. The van der Waals surface area contributed by atoms with E-state index in [4.69, 9.17) is 0 Å².